The van der Waals surface area contributed by atoms with E-state index in [1.165, 1.54) is 41.2 Å². The highest BCUT2D eigenvalue weighted by atomic mass is 19.4. The van der Waals surface area contributed by atoms with E-state index in [0.717, 1.165) is 12.1 Å². The summed E-state index contributed by atoms with van der Waals surface area (Å²) in [7, 11) is 0. The van der Waals surface area contributed by atoms with Crippen LogP contribution in [0, 0.1) is 0 Å². The molecule has 0 spiro atoms. The number of fused-ring (bicyclic) bond motifs is 1. The third-order valence-electron chi connectivity index (χ3n) is 3.98. The van der Waals surface area contributed by atoms with E-state index in [-0.39, 0.29) is 17.0 Å². The lowest BCUT2D eigenvalue weighted by atomic mass is 10.1. The number of anilines is 1. The molecule has 9 heteroatoms. The van der Waals surface area contributed by atoms with Crippen LogP contribution in [0.4, 0.5) is 19.0 Å². The number of amides is 1. The van der Waals surface area contributed by atoms with Gasteiger partial charge in [0.2, 0.25) is 0 Å². The lowest BCUT2D eigenvalue weighted by Gasteiger charge is -2.07. The number of pyridine rings is 1. The number of hydrogen-bond donors (Lipinski definition) is 1. The second-order valence-corrected chi connectivity index (χ2v) is 5.88. The number of benzene rings is 1. The normalized spacial score (nSPS) is 11.5. The van der Waals surface area contributed by atoms with E-state index in [9.17, 15) is 18.0 Å². The summed E-state index contributed by atoms with van der Waals surface area (Å²) in [5.41, 5.74) is 0.284. The first-order valence-corrected chi connectivity index (χ1v) is 8.16. The first kappa shape index (κ1) is 17.7. The lowest BCUT2D eigenvalue weighted by Crippen LogP contribution is -2.17. The standard InChI is InChI=1S/C19H12F3N5O/c20-19(21,22)13-5-3-4-12(10-13)14-11-17-24-9-7-15(27(17)26-14)18(28)25-16-6-1-2-8-23-16/h1-11H,(H,23,25,28). The average Bonchev–Trinajstić information content (AvgIpc) is 3.12. The summed E-state index contributed by atoms with van der Waals surface area (Å²) < 4.78 is 40.2. The number of aromatic nitrogens is 4. The van der Waals surface area contributed by atoms with Gasteiger partial charge in [-0.15, -0.1) is 0 Å². The van der Waals surface area contributed by atoms with E-state index in [2.05, 4.69) is 20.4 Å². The van der Waals surface area contributed by atoms with Crippen molar-refractivity contribution in [1.82, 2.24) is 19.6 Å². The Kier molecular flexibility index (Phi) is 4.26. The maximum Gasteiger partial charge on any atom is 0.416 e. The molecule has 1 amide bonds. The molecular formula is C19H12F3N5O. The number of alkyl halides is 3. The predicted molar refractivity (Wildman–Crippen MR) is 95.6 cm³/mol. The van der Waals surface area contributed by atoms with Gasteiger partial charge in [-0.1, -0.05) is 18.2 Å². The third kappa shape index (κ3) is 3.41. The van der Waals surface area contributed by atoms with Crippen LogP contribution >= 0.6 is 0 Å². The highest BCUT2D eigenvalue weighted by Gasteiger charge is 2.30. The van der Waals surface area contributed by atoms with Crippen molar-refractivity contribution >= 4 is 17.4 Å². The number of nitrogens with one attached hydrogen (secondary N) is 1. The van der Waals surface area contributed by atoms with E-state index in [1.54, 1.807) is 18.2 Å². The number of rotatable bonds is 3. The molecule has 1 N–H and O–H groups in total. The Morgan fingerprint density at radius 1 is 0.964 bits per heavy atom. The Morgan fingerprint density at radius 2 is 1.82 bits per heavy atom. The van der Waals surface area contributed by atoms with Crippen LogP contribution in [-0.2, 0) is 6.18 Å². The van der Waals surface area contributed by atoms with Crippen molar-refractivity contribution in [2.75, 3.05) is 5.32 Å². The molecule has 0 aliphatic carbocycles. The van der Waals surface area contributed by atoms with Gasteiger partial charge in [0.1, 0.15) is 11.5 Å². The third-order valence-corrected chi connectivity index (χ3v) is 3.98. The molecule has 4 rings (SSSR count). The van der Waals surface area contributed by atoms with Gasteiger partial charge in [0, 0.05) is 24.0 Å². The monoisotopic (exact) mass is 383 g/mol. The zero-order chi connectivity index (χ0) is 19.7. The molecule has 6 nitrogen and oxygen atoms in total. The maximum absolute atomic E-state index is 13.0. The molecule has 0 atom stereocenters. The Bertz CT molecular complexity index is 1160. The Balaban J connectivity index is 1.73. The SMILES string of the molecule is O=C(Nc1ccccn1)c1ccnc2cc(-c3cccc(C(F)(F)F)c3)nn12. The summed E-state index contributed by atoms with van der Waals surface area (Å²) >= 11 is 0. The molecule has 28 heavy (non-hydrogen) atoms. The molecule has 140 valence electrons. The fourth-order valence-electron chi connectivity index (χ4n) is 2.68. The predicted octanol–water partition coefficient (Wildman–Crippen LogP) is 4.06. The fraction of sp³-hybridized carbons (Fsp3) is 0.0526. The minimum atomic E-state index is -4.46. The zero-order valence-electron chi connectivity index (χ0n) is 14.2. The summed E-state index contributed by atoms with van der Waals surface area (Å²) in [6.07, 6.45) is -1.49. The minimum Gasteiger partial charge on any atom is -0.305 e. The second-order valence-electron chi connectivity index (χ2n) is 5.88. The van der Waals surface area contributed by atoms with Crippen LogP contribution in [0.3, 0.4) is 0 Å². The molecule has 1 aromatic carbocycles. The van der Waals surface area contributed by atoms with Gasteiger partial charge in [0.15, 0.2) is 5.65 Å². The number of nitrogens with zero attached hydrogens (tertiary/aromatic N) is 4. The number of halogens is 3. The van der Waals surface area contributed by atoms with Crippen LogP contribution in [0.25, 0.3) is 16.9 Å². The Morgan fingerprint density at radius 3 is 2.57 bits per heavy atom. The molecule has 3 aromatic heterocycles. The largest absolute Gasteiger partial charge is 0.416 e. The Labute approximate surface area is 156 Å². The van der Waals surface area contributed by atoms with Crippen molar-refractivity contribution in [3.8, 4) is 11.3 Å². The van der Waals surface area contributed by atoms with Crippen LogP contribution in [0.5, 0.6) is 0 Å². The van der Waals surface area contributed by atoms with Gasteiger partial charge in [-0.3, -0.25) is 4.79 Å². The van der Waals surface area contributed by atoms with Gasteiger partial charge in [-0.05, 0) is 30.3 Å². The van der Waals surface area contributed by atoms with Gasteiger partial charge in [-0.2, -0.15) is 18.3 Å². The van der Waals surface area contributed by atoms with Crippen LogP contribution < -0.4 is 5.32 Å². The summed E-state index contributed by atoms with van der Waals surface area (Å²) in [6.45, 7) is 0. The topological polar surface area (TPSA) is 72.2 Å². The molecular weight excluding hydrogens is 371 g/mol. The van der Waals surface area contributed by atoms with Crippen molar-refractivity contribution < 1.29 is 18.0 Å². The first-order valence-electron chi connectivity index (χ1n) is 8.16. The number of carbonyl (C=O) groups is 1. The van der Waals surface area contributed by atoms with Gasteiger partial charge in [0.25, 0.3) is 5.91 Å². The van der Waals surface area contributed by atoms with Gasteiger partial charge >= 0.3 is 6.18 Å². The number of carbonyl (C=O) groups excluding carboxylic acids is 1. The second kappa shape index (κ2) is 6.76. The van der Waals surface area contributed by atoms with Crippen molar-refractivity contribution in [2.45, 2.75) is 6.18 Å². The van der Waals surface area contributed by atoms with Crippen molar-refractivity contribution in [2.24, 2.45) is 0 Å². The fourth-order valence-corrected chi connectivity index (χ4v) is 2.68. The van der Waals surface area contributed by atoms with Crippen LogP contribution in [0.1, 0.15) is 16.1 Å². The number of hydrogen-bond acceptors (Lipinski definition) is 4. The van der Waals surface area contributed by atoms with E-state index in [1.807, 2.05) is 0 Å². The van der Waals surface area contributed by atoms with Crippen LogP contribution in [0.15, 0.2) is 67.0 Å². The quantitative estimate of drug-likeness (QED) is 0.579. The molecule has 0 unspecified atom stereocenters. The average molecular weight is 383 g/mol. The van der Waals surface area contributed by atoms with Gasteiger partial charge < -0.3 is 5.32 Å². The van der Waals surface area contributed by atoms with Gasteiger partial charge in [-0.25, -0.2) is 14.5 Å². The van der Waals surface area contributed by atoms with Crippen LogP contribution in [-0.4, -0.2) is 25.5 Å². The summed E-state index contributed by atoms with van der Waals surface area (Å²) in [4.78, 5) is 20.7. The van der Waals surface area contributed by atoms with Crippen molar-refractivity contribution in [3.63, 3.8) is 0 Å². The zero-order valence-corrected chi connectivity index (χ0v) is 14.2. The summed E-state index contributed by atoms with van der Waals surface area (Å²) in [5.74, 6) is -0.104. The highest BCUT2D eigenvalue weighted by molar-refractivity contribution is 6.02. The molecule has 0 fully saturated rings. The molecule has 0 bridgehead atoms. The minimum absolute atomic E-state index is 0.175. The molecule has 0 aliphatic heterocycles. The Hall–Kier alpha value is -3.75. The molecule has 0 saturated heterocycles. The van der Waals surface area contributed by atoms with E-state index >= 15 is 0 Å². The molecule has 0 saturated carbocycles. The molecule has 3 heterocycles. The van der Waals surface area contributed by atoms with E-state index in [0.29, 0.717) is 11.5 Å². The highest BCUT2D eigenvalue weighted by Crippen LogP contribution is 2.32. The lowest BCUT2D eigenvalue weighted by molar-refractivity contribution is -0.137. The molecule has 4 aromatic rings. The first-order chi connectivity index (χ1) is 13.4. The maximum atomic E-state index is 13.0. The molecule has 0 aliphatic rings. The smallest absolute Gasteiger partial charge is 0.305 e. The summed E-state index contributed by atoms with van der Waals surface area (Å²) in [6, 6.07) is 12.9. The van der Waals surface area contributed by atoms with Crippen molar-refractivity contribution in [3.05, 3.63) is 78.2 Å². The summed E-state index contributed by atoms with van der Waals surface area (Å²) in [5, 5.41) is 6.92. The van der Waals surface area contributed by atoms with E-state index in [4.69, 9.17) is 0 Å². The molecule has 0 radical (unpaired) electrons. The van der Waals surface area contributed by atoms with Crippen LogP contribution in [0.2, 0.25) is 0 Å². The van der Waals surface area contributed by atoms with E-state index < -0.39 is 17.6 Å². The van der Waals surface area contributed by atoms with Gasteiger partial charge in [0.05, 0.1) is 11.3 Å². The van der Waals surface area contributed by atoms with Crippen molar-refractivity contribution in [1.29, 1.82) is 0 Å².